The van der Waals surface area contributed by atoms with Crippen LogP contribution in [0.5, 0.6) is 0 Å². The summed E-state index contributed by atoms with van der Waals surface area (Å²) in [4.78, 5) is 24.4. The molecule has 5 heteroatoms. The second-order valence-corrected chi connectivity index (χ2v) is 5.14. The van der Waals surface area contributed by atoms with Crippen LogP contribution in [0.3, 0.4) is 0 Å². The monoisotopic (exact) mass is 272 g/mol. The van der Waals surface area contributed by atoms with E-state index >= 15 is 0 Å². The number of carbonyl (C=O) groups is 2. The van der Waals surface area contributed by atoms with E-state index in [1.807, 2.05) is 18.7 Å². The van der Waals surface area contributed by atoms with E-state index < -0.39 is 5.97 Å². The fraction of sp³-hybridized carbons (Fsp3) is 0.857. The molecule has 0 saturated carbocycles. The first kappa shape index (κ1) is 17.9. The number of nitrogens with zero attached hydrogens (tertiary/aromatic N) is 1. The van der Waals surface area contributed by atoms with E-state index in [4.69, 9.17) is 5.11 Å². The quantitative estimate of drug-likeness (QED) is 0.637. The van der Waals surface area contributed by atoms with Crippen molar-refractivity contribution >= 4 is 11.9 Å². The lowest BCUT2D eigenvalue weighted by Gasteiger charge is -2.26. The SMILES string of the molecule is CCC(CC)NC(=O)CN(CCCC(=O)O)C(C)C. The van der Waals surface area contributed by atoms with E-state index in [-0.39, 0.29) is 24.4 Å². The standard InChI is InChI=1S/C14H28N2O3/c1-5-12(6-2)15-13(17)10-16(11(3)4)9-7-8-14(18)19/h11-12H,5-10H2,1-4H3,(H,15,17)(H,18,19). The molecule has 2 N–H and O–H groups in total. The predicted molar refractivity (Wildman–Crippen MR) is 76.1 cm³/mol. The van der Waals surface area contributed by atoms with Crippen LogP contribution in [0.1, 0.15) is 53.4 Å². The summed E-state index contributed by atoms with van der Waals surface area (Å²) in [6.07, 6.45) is 2.59. The molecule has 0 aliphatic carbocycles. The zero-order chi connectivity index (χ0) is 14.8. The summed E-state index contributed by atoms with van der Waals surface area (Å²) in [5.74, 6) is -0.761. The van der Waals surface area contributed by atoms with Crippen LogP contribution in [-0.2, 0) is 9.59 Å². The van der Waals surface area contributed by atoms with Crippen molar-refractivity contribution in [2.75, 3.05) is 13.1 Å². The highest BCUT2D eigenvalue weighted by Gasteiger charge is 2.16. The van der Waals surface area contributed by atoms with Gasteiger partial charge in [-0.2, -0.15) is 0 Å². The Hall–Kier alpha value is -1.10. The zero-order valence-electron chi connectivity index (χ0n) is 12.6. The molecule has 0 unspecified atom stereocenters. The van der Waals surface area contributed by atoms with Crippen LogP contribution in [0.25, 0.3) is 0 Å². The van der Waals surface area contributed by atoms with Gasteiger partial charge < -0.3 is 10.4 Å². The normalized spacial score (nSPS) is 11.3. The molecule has 0 aromatic carbocycles. The van der Waals surface area contributed by atoms with Crippen molar-refractivity contribution in [1.29, 1.82) is 0 Å². The molecular formula is C14H28N2O3. The van der Waals surface area contributed by atoms with Gasteiger partial charge in [0.15, 0.2) is 0 Å². The average Bonchev–Trinajstić information content (AvgIpc) is 2.34. The zero-order valence-corrected chi connectivity index (χ0v) is 12.6. The molecule has 19 heavy (non-hydrogen) atoms. The van der Waals surface area contributed by atoms with E-state index in [0.717, 1.165) is 12.8 Å². The number of aliphatic carboxylic acids is 1. The Labute approximate surface area is 116 Å². The molecule has 0 fully saturated rings. The molecular weight excluding hydrogens is 244 g/mol. The summed E-state index contributed by atoms with van der Waals surface area (Å²) in [5.41, 5.74) is 0. The Morgan fingerprint density at radius 2 is 1.79 bits per heavy atom. The van der Waals surface area contributed by atoms with Gasteiger partial charge in [0, 0.05) is 18.5 Å². The van der Waals surface area contributed by atoms with E-state index in [9.17, 15) is 9.59 Å². The largest absolute Gasteiger partial charge is 0.481 e. The van der Waals surface area contributed by atoms with Crippen molar-refractivity contribution in [1.82, 2.24) is 10.2 Å². The lowest BCUT2D eigenvalue weighted by atomic mass is 10.1. The van der Waals surface area contributed by atoms with Gasteiger partial charge in [-0.05, 0) is 39.7 Å². The second-order valence-electron chi connectivity index (χ2n) is 5.14. The number of carboxylic acids is 1. The topological polar surface area (TPSA) is 69.6 Å². The molecule has 0 aliphatic rings. The van der Waals surface area contributed by atoms with Gasteiger partial charge >= 0.3 is 5.97 Å². The minimum absolute atomic E-state index is 0.0257. The van der Waals surface area contributed by atoms with E-state index in [2.05, 4.69) is 19.2 Å². The maximum absolute atomic E-state index is 11.9. The molecule has 0 aromatic rings. The van der Waals surface area contributed by atoms with Crippen molar-refractivity contribution < 1.29 is 14.7 Å². The highest BCUT2D eigenvalue weighted by Crippen LogP contribution is 2.03. The molecule has 0 saturated heterocycles. The van der Waals surface area contributed by atoms with Gasteiger partial charge in [-0.1, -0.05) is 13.8 Å². The van der Waals surface area contributed by atoms with Crippen LogP contribution in [0.15, 0.2) is 0 Å². The van der Waals surface area contributed by atoms with E-state index in [1.54, 1.807) is 0 Å². The summed E-state index contributed by atoms with van der Waals surface area (Å²) in [6.45, 7) is 9.13. The Morgan fingerprint density at radius 3 is 2.21 bits per heavy atom. The minimum atomic E-state index is -0.787. The van der Waals surface area contributed by atoms with E-state index in [0.29, 0.717) is 19.5 Å². The first-order valence-corrected chi connectivity index (χ1v) is 7.15. The number of rotatable bonds is 10. The first-order valence-electron chi connectivity index (χ1n) is 7.15. The van der Waals surface area contributed by atoms with Gasteiger partial charge in [0.25, 0.3) is 0 Å². The Kier molecular flexibility index (Phi) is 9.21. The van der Waals surface area contributed by atoms with Gasteiger partial charge in [-0.25, -0.2) is 0 Å². The molecule has 112 valence electrons. The van der Waals surface area contributed by atoms with Crippen LogP contribution in [0.4, 0.5) is 0 Å². The van der Waals surface area contributed by atoms with Crippen molar-refractivity contribution in [3.05, 3.63) is 0 Å². The molecule has 0 atom stereocenters. The number of amides is 1. The lowest BCUT2D eigenvalue weighted by Crippen LogP contribution is -2.44. The van der Waals surface area contributed by atoms with Crippen molar-refractivity contribution in [3.63, 3.8) is 0 Å². The number of carbonyl (C=O) groups excluding carboxylic acids is 1. The Morgan fingerprint density at radius 1 is 1.21 bits per heavy atom. The predicted octanol–water partition coefficient (Wildman–Crippen LogP) is 1.87. The van der Waals surface area contributed by atoms with Gasteiger partial charge in [0.2, 0.25) is 5.91 Å². The highest BCUT2D eigenvalue weighted by molar-refractivity contribution is 5.78. The van der Waals surface area contributed by atoms with Gasteiger partial charge in [-0.15, -0.1) is 0 Å². The smallest absolute Gasteiger partial charge is 0.303 e. The van der Waals surface area contributed by atoms with Crippen LogP contribution in [0.2, 0.25) is 0 Å². The fourth-order valence-electron chi connectivity index (χ4n) is 1.90. The van der Waals surface area contributed by atoms with Crippen molar-refractivity contribution in [2.45, 2.75) is 65.5 Å². The Balaban J connectivity index is 4.18. The summed E-state index contributed by atoms with van der Waals surface area (Å²) < 4.78 is 0. The molecule has 0 bridgehead atoms. The van der Waals surface area contributed by atoms with Crippen LogP contribution in [0, 0.1) is 0 Å². The summed E-state index contributed by atoms with van der Waals surface area (Å²) >= 11 is 0. The van der Waals surface area contributed by atoms with Crippen molar-refractivity contribution in [2.24, 2.45) is 0 Å². The third-order valence-corrected chi connectivity index (χ3v) is 3.26. The molecule has 0 radical (unpaired) electrons. The van der Waals surface area contributed by atoms with E-state index in [1.165, 1.54) is 0 Å². The highest BCUT2D eigenvalue weighted by atomic mass is 16.4. The van der Waals surface area contributed by atoms with Gasteiger partial charge in [0.1, 0.15) is 0 Å². The minimum Gasteiger partial charge on any atom is -0.481 e. The van der Waals surface area contributed by atoms with Gasteiger partial charge in [-0.3, -0.25) is 14.5 Å². The fourth-order valence-corrected chi connectivity index (χ4v) is 1.90. The van der Waals surface area contributed by atoms with Crippen LogP contribution in [-0.4, -0.2) is 47.1 Å². The van der Waals surface area contributed by atoms with Crippen LogP contribution >= 0.6 is 0 Å². The first-order chi connectivity index (χ1) is 8.90. The molecule has 0 spiro atoms. The maximum atomic E-state index is 11.9. The summed E-state index contributed by atoms with van der Waals surface area (Å²) in [6, 6.07) is 0.474. The summed E-state index contributed by atoms with van der Waals surface area (Å²) in [5, 5.41) is 11.6. The molecule has 0 rings (SSSR count). The Bertz CT molecular complexity index is 276. The molecule has 0 aromatic heterocycles. The second kappa shape index (κ2) is 9.78. The van der Waals surface area contributed by atoms with Crippen molar-refractivity contribution in [3.8, 4) is 0 Å². The van der Waals surface area contributed by atoms with Gasteiger partial charge in [0.05, 0.1) is 6.54 Å². The lowest BCUT2D eigenvalue weighted by molar-refractivity contribution is -0.137. The molecule has 0 aliphatic heterocycles. The number of hydrogen-bond acceptors (Lipinski definition) is 3. The third kappa shape index (κ3) is 8.59. The summed E-state index contributed by atoms with van der Waals surface area (Å²) in [7, 11) is 0. The number of carboxylic acid groups (broad SMARTS) is 1. The maximum Gasteiger partial charge on any atom is 0.303 e. The average molecular weight is 272 g/mol. The molecule has 1 amide bonds. The molecule has 5 nitrogen and oxygen atoms in total. The molecule has 0 heterocycles. The number of hydrogen-bond donors (Lipinski definition) is 2. The van der Waals surface area contributed by atoms with Crippen LogP contribution < -0.4 is 5.32 Å². The number of nitrogens with one attached hydrogen (secondary N) is 1. The third-order valence-electron chi connectivity index (χ3n) is 3.26.